The van der Waals surface area contributed by atoms with Gasteiger partial charge in [0.25, 0.3) is 0 Å². The predicted octanol–water partition coefficient (Wildman–Crippen LogP) is 1.61. The number of hydrogen-bond acceptors (Lipinski definition) is 6. The van der Waals surface area contributed by atoms with Crippen LogP contribution in [0.1, 0.15) is 25.3 Å². The third kappa shape index (κ3) is 6.90. The van der Waals surface area contributed by atoms with Crippen LogP contribution in [0.25, 0.3) is 0 Å². The Bertz CT molecular complexity index is 577. The topological polar surface area (TPSA) is 83.7 Å². The second-order valence-corrected chi connectivity index (χ2v) is 6.90. The SMILES string of the molecule is CCN1CCN(c2ccc(CNC(=O)C3(N)CCOCC3)cn2)CC1.Cl.Cl.Cl. The first kappa shape index (κ1) is 27.2. The van der Waals surface area contributed by atoms with Gasteiger partial charge in [0, 0.05) is 52.1 Å². The highest BCUT2D eigenvalue weighted by molar-refractivity contribution is 5.86. The van der Waals surface area contributed by atoms with E-state index in [1.807, 2.05) is 18.3 Å². The summed E-state index contributed by atoms with van der Waals surface area (Å²) in [5, 5.41) is 2.94. The van der Waals surface area contributed by atoms with Crippen LogP contribution >= 0.6 is 37.2 Å². The van der Waals surface area contributed by atoms with Gasteiger partial charge < -0.3 is 25.6 Å². The highest BCUT2D eigenvalue weighted by atomic mass is 35.5. The molecule has 3 rings (SSSR count). The quantitative estimate of drug-likeness (QED) is 0.700. The highest BCUT2D eigenvalue weighted by Crippen LogP contribution is 2.18. The summed E-state index contributed by atoms with van der Waals surface area (Å²) in [7, 11) is 0. The van der Waals surface area contributed by atoms with Crippen LogP contribution in [0.3, 0.4) is 0 Å². The van der Waals surface area contributed by atoms with E-state index in [2.05, 4.69) is 27.0 Å². The number of pyridine rings is 1. The molecular formula is C18H32Cl3N5O2. The van der Waals surface area contributed by atoms with Crippen LogP contribution < -0.4 is 16.0 Å². The number of carbonyl (C=O) groups excluding carboxylic acids is 1. The molecule has 0 bridgehead atoms. The van der Waals surface area contributed by atoms with Crippen molar-refractivity contribution in [2.75, 3.05) is 50.8 Å². The number of nitrogens with two attached hydrogens (primary N) is 1. The number of hydrogen-bond donors (Lipinski definition) is 2. The second-order valence-electron chi connectivity index (χ2n) is 6.90. The van der Waals surface area contributed by atoms with Crippen molar-refractivity contribution >= 4 is 48.9 Å². The van der Waals surface area contributed by atoms with Crippen molar-refractivity contribution in [2.24, 2.45) is 5.73 Å². The number of rotatable bonds is 5. The average molecular weight is 457 g/mol. The summed E-state index contributed by atoms with van der Waals surface area (Å²) in [4.78, 5) is 21.7. The number of piperazine rings is 1. The standard InChI is InChI=1S/C18H29N5O2.3ClH/c1-2-22-7-9-23(10-8-22)16-4-3-15(13-20-16)14-21-17(24)18(19)5-11-25-12-6-18;;;/h3-4,13H,2,5-12,14,19H2,1H3,(H,21,24);3*1H. The molecule has 0 aliphatic carbocycles. The number of anilines is 1. The van der Waals surface area contributed by atoms with Gasteiger partial charge in [-0.25, -0.2) is 4.98 Å². The summed E-state index contributed by atoms with van der Waals surface area (Å²) in [6.45, 7) is 9.03. The molecule has 0 aromatic carbocycles. The van der Waals surface area contributed by atoms with Crippen LogP contribution in [0.4, 0.5) is 5.82 Å². The van der Waals surface area contributed by atoms with Gasteiger partial charge in [0.2, 0.25) is 5.91 Å². The molecule has 2 fully saturated rings. The normalized spacial score (nSPS) is 18.9. The lowest BCUT2D eigenvalue weighted by atomic mass is 9.90. The Labute approximate surface area is 186 Å². The summed E-state index contributed by atoms with van der Waals surface area (Å²) in [6.07, 6.45) is 2.98. The van der Waals surface area contributed by atoms with Crippen LogP contribution in [0.2, 0.25) is 0 Å². The van der Waals surface area contributed by atoms with Crippen molar-refractivity contribution in [1.29, 1.82) is 0 Å². The summed E-state index contributed by atoms with van der Waals surface area (Å²) < 4.78 is 5.28. The molecule has 7 nitrogen and oxygen atoms in total. The zero-order valence-corrected chi connectivity index (χ0v) is 18.7. The van der Waals surface area contributed by atoms with Crippen LogP contribution in [-0.4, -0.2) is 67.3 Å². The van der Waals surface area contributed by atoms with Crippen molar-refractivity contribution in [1.82, 2.24) is 15.2 Å². The van der Waals surface area contributed by atoms with E-state index in [1.54, 1.807) is 0 Å². The molecule has 2 aliphatic heterocycles. The fourth-order valence-electron chi connectivity index (χ4n) is 3.32. The Morgan fingerprint density at radius 2 is 1.82 bits per heavy atom. The molecule has 3 heterocycles. The average Bonchev–Trinajstić information content (AvgIpc) is 2.67. The first-order chi connectivity index (χ1) is 12.1. The minimum atomic E-state index is -0.801. The summed E-state index contributed by atoms with van der Waals surface area (Å²) in [6, 6.07) is 4.07. The van der Waals surface area contributed by atoms with Gasteiger partial charge in [0.05, 0.1) is 5.54 Å². The van der Waals surface area contributed by atoms with E-state index in [-0.39, 0.29) is 43.1 Å². The van der Waals surface area contributed by atoms with Crippen molar-refractivity contribution in [3.8, 4) is 0 Å². The van der Waals surface area contributed by atoms with E-state index in [0.717, 1.165) is 44.1 Å². The van der Waals surface area contributed by atoms with Gasteiger partial charge in [-0.15, -0.1) is 37.2 Å². The minimum absolute atomic E-state index is 0. The predicted molar refractivity (Wildman–Crippen MR) is 119 cm³/mol. The van der Waals surface area contributed by atoms with E-state index in [0.29, 0.717) is 32.6 Å². The maximum atomic E-state index is 12.3. The van der Waals surface area contributed by atoms with E-state index in [1.165, 1.54) is 0 Å². The van der Waals surface area contributed by atoms with Gasteiger partial charge >= 0.3 is 0 Å². The van der Waals surface area contributed by atoms with Gasteiger partial charge in [-0.1, -0.05) is 13.0 Å². The number of aromatic nitrogens is 1. The summed E-state index contributed by atoms with van der Waals surface area (Å²) >= 11 is 0. The molecular weight excluding hydrogens is 425 g/mol. The molecule has 0 spiro atoms. The number of amides is 1. The molecule has 1 aromatic heterocycles. The molecule has 0 unspecified atom stereocenters. The second kappa shape index (κ2) is 12.7. The lowest BCUT2D eigenvalue weighted by molar-refractivity contribution is -0.129. The Kier molecular flexibility index (Phi) is 12.3. The smallest absolute Gasteiger partial charge is 0.240 e. The number of likely N-dealkylation sites (N-methyl/N-ethyl adjacent to an activating group) is 1. The lowest BCUT2D eigenvalue weighted by Gasteiger charge is -2.34. The number of nitrogens with one attached hydrogen (secondary N) is 1. The van der Waals surface area contributed by atoms with Crippen molar-refractivity contribution < 1.29 is 9.53 Å². The minimum Gasteiger partial charge on any atom is -0.381 e. The maximum absolute atomic E-state index is 12.3. The molecule has 28 heavy (non-hydrogen) atoms. The van der Waals surface area contributed by atoms with E-state index in [9.17, 15) is 4.79 Å². The Balaban J connectivity index is 0.00000243. The summed E-state index contributed by atoms with van der Waals surface area (Å²) in [5.41, 5.74) is 6.38. The number of halogens is 3. The molecule has 0 atom stereocenters. The molecule has 0 saturated carbocycles. The molecule has 2 aliphatic rings. The third-order valence-corrected chi connectivity index (χ3v) is 5.24. The van der Waals surface area contributed by atoms with Gasteiger partial charge in [0.1, 0.15) is 5.82 Å². The third-order valence-electron chi connectivity index (χ3n) is 5.24. The Hall–Kier alpha value is -0.830. The van der Waals surface area contributed by atoms with Gasteiger partial charge in [-0.3, -0.25) is 4.79 Å². The van der Waals surface area contributed by atoms with Crippen LogP contribution in [0.15, 0.2) is 18.3 Å². The Morgan fingerprint density at radius 1 is 1.18 bits per heavy atom. The van der Waals surface area contributed by atoms with Crippen LogP contribution in [0, 0.1) is 0 Å². The van der Waals surface area contributed by atoms with E-state index in [4.69, 9.17) is 10.5 Å². The number of ether oxygens (including phenoxy) is 1. The first-order valence-corrected chi connectivity index (χ1v) is 9.18. The molecule has 3 N–H and O–H groups in total. The fourth-order valence-corrected chi connectivity index (χ4v) is 3.32. The van der Waals surface area contributed by atoms with Crippen LogP contribution in [-0.2, 0) is 16.1 Å². The van der Waals surface area contributed by atoms with Gasteiger partial charge in [-0.05, 0) is 31.0 Å². The monoisotopic (exact) mass is 455 g/mol. The van der Waals surface area contributed by atoms with E-state index >= 15 is 0 Å². The molecule has 1 aromatic rings. The van der Waals surface area contributed by atoms with Crippen molar-refractivity contribution in [3.63, 3.8) is 0 Å². The first-order valence-electron chi connectivity index (χ1n) is 9.18. The Morgan fingerprint density at radius 3 is 2.36 bits per heavy atom. The number of nitrogens with zero attached hydrogens (tertiary/aromatic N) is 3. The molecule has 1 amide bonds. The van der Waals surface area contributed by atoms with Crippen molar-refractivity contribution in [3.05, 3.63) is 23.9 Å². The van der Waals surface area contributed by atoms with Gasteiger partial charge in [-0.2, -0.15) is 0 Å². The highest BCUT2D eigenvalue weighted by Gasteiger charge is 2.35. The molecule has 10 heteroatoms. The fraction of sp³-hybridized carbons (Fsp3) is 0.667. The molecule has 0 radical (unpaired) electrons. The van der Waals surface area contributed by atoms with E-state index < -0.39 is 5.54 Å². The van der Waals surface area contributed by atoms with Crippen molar-refractivity contribution in [2.45, 2.75) is 31.8 Å². The molecule has 162 valence electrons. The molecule has 2 saturated heterocycles. The maximum Gasteiger partial charge on any atom is 0.240 e. The zero-order valence-electron chi connectivity index (χ0n) is 16.3. The zero-order chi connectivity index (χ0) is 17.7. The lowest BCUT2D eigenvalue weighted by Crippen LogP contribution is -2.56. The number of carbonyl (C=O) groups is 1. The summed E-state index contributed by atoms with van der Waals surface area (Å²) in [5.74, 6) is 0.904. The largest absolute Gasteiger partial charge is 0.381 e. The van der Waals surface area contributed by atoms with Crippen LogP contribution in [0.5, 0.6) is 0 Å². The van der Waals surface area contributed by atoms with Gasteiger partial charge in [0.15, 0.2) is 0 Å².